The zero-order valence-corrected chi connectivity index (χ0v) is 85.4. The first kappa shape index (κ1) is 123. The van der Waals surface area contributed by atoms with E-state index in [0.717, 1.165) is 58.8 Å². The van der Waals surface area contributed by atoms with Crippen molar-refractivity contribution in [2.75, 3.05) is 190 Å². The summed E-state index contributed by atoms with van der Waals surface area (Å²) in [4.78, 5) is 176. The molecule has 57 heteroatoms. The summed E-state index contributed by atoms with van der Waals surface area (Å²) in [5.41, 5.74) is 1.65. The zero-order chi connectivity index (χ0) is 111. The van der Waals surface area contributed by atoms with Crippen LogP contribution in [-0.2, 0) is 106 Å². The number of aliphatic hydroxyl groups is 16. The molecule has 4 aliphatic rings. The summed E-state index contributed by atoms with van der Waals surface area (Å²) in [5, 5.41) is 160. The SMILES string of the molecule is Cc1cc(COC(=O)N(C)CCN(C)C(=O)OCC2O[C@@H](O)C(O)[C@@H](O)[C@@H]2O)c(OC(=O)N(C)CCN(C)C(=O)OCc2cc(C)cc(COC(=O)N(C)CCN(C)C(=O)Oc3c(COC(=O)N(C)CCN(C)C(=O)OCC4O[C@@H](O)C(O)[C@@H](O)[C@@H]4O)cc(C)cc3COC(=O)N(C)CCN(C)C(=O)OCC3O[C@@H](O)C(O)[C@@H](O)[C@@H]3O)c2OC(C)(C)C)c(COC(=O)N(C)CCN(C)C(=O)OCC2O[C@@H](O)C(O)[C@@H](O)[C@@H]2O)c1. The summed E-state index contributed by atoms with van der Waals surface area (Å²) >= 11 is 0. The van der Waals surface area contributed by atoms with E-state index in [1.165, 1.54) is 109 Å². The maximum atomic E-state index is 14.3. The van der Waals surface area contributed by atoms with E-state index in [4.69, 9.17) is 80.5 Å². The zero-order valence-electron chi connectivity index (χ0n) is 85.4. The van der Waals surface area contributed by atoms with Crippen LogP contribution >= 0.6 is 0 Å². The molecular weight excluding hydrogens is 1980 g/mol. The predicted molar refractivity (Wildman–Crippen MR) is 500 cm³/mol. The van der Waals surface area contributed by atoms with Crippen molar-refractivity contribution in [3.8, 4) is 17.2 Å². The topological polar surface area (TPSA) is 724 Å². The predicted octanol–water partition coefficient (Wildman–Crippen LogP) is -3.07. The molecule has 4 heterocycles. The summed E-state index contributed by atoms with van der Waals surface area (Å²) < 4.78 is 93.7. The van der Waals surface area contributed by atoms with Crippen molar-refractivity contribution < 1.29 is 220 Å². The Hall–Kier alpha value is -12.1. The molecule has 148 heavy (non-hydrogen) atoms. The van der Waals surface area contributed by atoms with Gasteiger partial charge in [0.15, 0.2) is 25.2 Å². The van der Waals surface area contributed by atoms with Gasteiger partial charge >= 0.3 is 73.1 Å². The van der Waals surface area contributed by atoms with Crippen LogP contribution in [0.4, 0.5) is 57.5 Å². The van der Waals surface area contributed by atoms with Crippen LogP contribution in [-0.4, -0.2) is 532 Å². The van der Waals surface area contributed by atoms with Crippen LogP contribution in [0.3, 0.4) is 0 Å². The first-order valence-electron chi connectivity index (χ1n) is 46.5. The van der Waals surface area contributed by atoms with E-state index in [9.17, 15) is 139 Å². The fraction of sp³-hybridized carbons (Fsp3) is 0.670. The molecule has 7 rings (SSSR count). The van der Waals surface area contributed by atoms with Gasteiger partial charge in [0.2, 0.25) is 0 Å². The van der Waals surface area contributed by atoms with Crippen LogP contribution in [0.5, 0.6) is 17.2 Å². The number of nitrogens with zero attached hydrogens (tertiary/aromatic N) is 12. The van der Waals surface area contributed by atoms with Gasteiger partial charge in [0, 0.05) is 196 Å². The molecule has 0 saturated carbocycles. The standard InChI is InChI=1S/C91H140N12O45/c1-47-31-50(37-132-79(120)92(7)19-23-98(13)85(126)138-43-56-60(104)64(108)68(112)75(116)142-56)72(51(32-47)38-133-80(121)93(8)20-24-99(14)86(127)139-44-57-61(105)65(109)69(113)76(117)143-57)146-89(130)102(17)29-27-96(11)83(124)136-41-54-35-49(3)36-55(74(54)148-91(4,5)6)42-137-84(125)97(12)28-30-103(18)90(131)147-73-52(39-134-81(122)94(9)21-25-100(15)87(128)140-45-58-62(106)66(110)70(114)77(118)144-58)33-48(2)34-53(73)40-135-82(123)95(10)22-26-101(16)88(129)141-46-59-63(107)67(111)71(115)78(119)145-59/h31-36,56-71,75-78,104-119H,19-30,37-46H2,1-18H3/t56?,57?,58?,59?,60-,61-,62-,63-,64+,65+,66+,67+,68?,69?,70?,71?,75-,76-,77-,78-/m1/s1. The molecule has 4 saturated heterocycles. The van der Waals surface area contributed by atoms with Crippen LogP contribution in [0.2, 0.25) is 0 Å². The second-order valence-electron chi connectivity index (χ2n) is 37.0. The fourth-order valence-corrected chi connectivity index (χ4v) is 14.2. The molecule has 4 aliphatic heterocycles. The highest BCUT2D eigenvalue weighted by molar-refractivity contribution is 5.76. The Bertz CT molecular complexity index is 4440. The third-order valence-corrected chi connectivity index (χ3v) is 23.7. The van der Waals surface area contributed by atoms with E-state index in [0.29, 0.717) is 27.8 Å². The molecular formula is C91H140N12O45. The molecule has 0 aromatic heterocycles. The van der Waals surface area contributed by atoms with Gasteiger partial charge in [0.05, 0.1) is 0 Å². The van der Waals surface area contributed by atoms with Crippen LogP contribution in [0, 0.1) is 20.8 Å². The van der Waals surface area contributed by atoms with Gasteiger partial charge in [-0.1, -0.05) is 16.7 Å². The van der Waals surface area contributed by atoms with Crippen LogP contribution < -0.4 is 14.2 Å². The highest BCUT2D eigenvalue weighted by atomic mass is 16.7. The first-order valence-corrected chi connectivity index (χ1v) is 46.5. The summed E-state index contributed by atoms with van der Waals surface area (Å²) in [6.45, 7) is 2.33. The minimum Gasteiger partial charge on any atom is -0.487 e. The Balaban J connectivity index is 0.975. The monoisotopic (exact) mass is 2120 g/mol. The third kappa shape index (κ3) is 35.8. The van der Waals surface area contributed by atoms with E-state index in [-0.39, 0.29) is 118 Å². The number of benzene rings is 3. The number of carbonyl (C=O) groups excluding carboxylic acids is 12. The van der Waals surface area contributed by atoms with Gasteiger partial charge in [-0.3, -0.25) is 0 Å². The number of amides is 12. The molecule has 12 amide bonds. The minimum atomic E-state index is -1.89. The molecule has 3 aromatic carbocycles. The number of hydrogen-bond donors (Lipinski definition) is 16. The molecule has 8 unspecified atom stereocenters. The van der Waals surface area contributed by atoms with Crippen molar-refractivity contribution in [2.45, 2.75) is 210 Å². The lowest BCUT2D eigenvalue weighted by molar-refractivity contribution is -0.286. The summed E-state index contributed by atoms with van der Waals surface area (Å²) in [5.74, 6) is -0.284. The molecule has 57 nitrogen and oxygen atoms in total. The number of likely N-dealkylation sites (N-methyl/N-ethyl adjacent to an activating group) is 12. The van der Waals surface area contributed by atoms with E-state index in [1.807, 2.05) is 0 Å². The number of ether oxygens (including phenoxy) is 17. The van der Waals surface area contributed by atoms with Crippen molar-refractivity contribution in [3.63, 3.8) is 0 Å². The molecule has 0 spiro atoms. The van der Waals surface area contributed by atoms with E-state index < -0.39 is 268 Å². The van der Waals surface area contributed by atoms with Gasteiger partial charge in [-0.15, -0.1) is 0 Å². The molecule has 4 fully saturated rings. The van der Waals surface area contributed by atoms with Crippen molar-refractivity contribution >= 4 is 73.1 Å². The minimum absolute atomic E-state index is 0.0749. The highest BCUT2D eigenvalue weighted by Crippen LogP contribution is 2.35. The lowest BCUT2D eigenvalue weighted by atomic mass is 9.99. The fourth-order valence-electron chi connectivity index (χ4n) is 14.2. The molecule has 0 aliphatic carbocycles. The Labute approximate surface area is 851 Å². The van der Waals surface area contributed by atoms with Crippen LogP contribution in [0.1, 0.15) is 70.8 Å². The average molecular weight is 2120 g/mol. The first-order chi connectivity index (χ1) is 69.3. The van der Waals surface area contributed by atoms with Crippen molar-refractivity contribution in [3.05, 3.63) is 86.5 Å². The smallest absolute Gasteiger partial charge is 0.415 e. The van der Waals surface area contributed by atoms with Gasteiger partial charge in [-0.05, 0) is 77.9 Å². The maximum absolute atomic E-state index is 14.3. The van der Waals surface area contributed by atoms with Crippen molar-refractivity contribution in [1.82, 2.24) is 58.8 Å². The number of aliphatic hydroxyl groups excluding tert-OH is 16. The Morgan fingerprint density at radius 2 is 0.378 bits per heavy atom. The van der Waals surface area contributed by atoms with Gasteiger partial charge in [0.25, 0.3) is 0 Å². The summed E-state index contributed by atoms with van der Waals surface area (Å²) in [6, 6.07) is 9.42. The average Bonchev–Trinajstić information content (AvgIpc) is 0.810. The Morgan fingerprint density at radius 3 is 0.541 bits per heavy atom. The highest BCUT2D eigenvalue weighted by Gasteiger charge is 2.48. The largest absolute Gasteiger partial charge is 0.487 e. The molecule has 16 N–H and O–H groups in total. The van der Waals surface area contributed by atoms with Crippen LogP contribution in [0.15, 0.2) is 36.4 Å². The lowest BCUT2D eigenvalue weighted by Gasteiger charge is -2.38. The van der Waals surface area contributed by atoms with E-state index in [1.54, 1.807) is 53.7 Å². The van der Waals surface area contributed by atoms with E-state index >= 15 is 0 Å². The maximum Gasteiger partial charge on any atom is 0.415 e. The van der Waals surface area contributed by atoms with Crippen molar-refractivity contribution in [2.24, 2.45) is 0 Å². The van der Waals surface area contributed by atoms with E-state index in [2.05, 4.69) is 0 Å². The Kier molecular flexibility index (Phi) is 46.9. The molecule has 834 valence electrons. The lowest BCUT2D eigenvalue weighted by Crippen LogP contribution is -2.58. The van der Waals surface area contributed by atoms with Crippen LogP contribution in [0.25, 0.3) is 0 Å². The third-order valence-electron chi connectivity index (χ3n) is 23.7. The summed E-state index contributed by atoms with van der Waals surface area (Å²) in [6.07, 6.45) is -46.2. The number of rotatable bonds is 41. The van der Waals surface area contributed by atoms with Gasteiger partial charge in [-0.25, -0.2) is 57.5 Å². The quantitative estimate of drug-likeness (QED) is 0.0251. The van der Waals surface area contributed by atoms with Crippen molar-refractivity contribution in [1.29, 1.82) is 0 Å². The number of aryl methyl sites for hydroxylation is 3. The second-order valence-corrected chi connectivity index (χ2v) is 37.0. The van der Waals surface area contributed by atoms with Gasteiger partial charge < -0.3 is 221 Å². The molecule has 0 radical (unpaired) electrons. The number of hydrogen-bond acceptors (Lipinski definition) is 45. The molecule has 0 bridgehead atoms. The van der Waals surface area contributed by atoms with Gasteiger partial charge in [0.1, 0.15) is 187 Å². The molecule has 20 atom stereocenters. The number of carbonyl (C=O) groups is 12. The summed E-state index contributed by atoms with van der Waals surface area (Å²) in [7, 11) is 16.1. The Morgan fingerprint density at radius 1 is 0.230 bits per heavy atom. The molecule has 3 aromatic rings. The second kappa shape index (κ2) is 56.5. The normalized spacial score (nSPS) is 23.6. The van der Waals surface area contributed by atoms with Gasteiger partial charge in [-0.2, -0.15) is 0 Å².